The van der Waals surface area contributed by atoms with Crippen molar-refractivity contribution >= 4 is 17.4 Å². The lowest BCUT2D eigenvalue weighted by molar-refractivity contribution is 0.0993. The fourth-order valence-electron chi connectivity index (χ4n) is 1.93. The molecule has 0 spiro atoms. The first-order valence-corrected chi connectivity index (χ1v) is 6.41. The van der Waals surface area contributed by atoms with E-state index in [1.54, 1.807) is 25.3 Å². The third kappa shape index (κ3) is 3.15. The van der Waals surface area contributed by atoms with Gasteiger partial charge in [0.15, 0.2) is 5.78 Å². The number of benzene rings is 2. The van der Waals surface area contributed by atoms with Crippen molar-refractivity contribution in [1.82, 2.24) is 0 Å². The SMILES string of the molecule is COc1ccc(C(=O)Cc2ccccc2C)c(Cl)c1. The van der Waals surface area contributed by atoms with Crippen LogP contribution >= 0.6 is 11.6 Å². The van der Waals surface area contributed by atoms with Crippen LogP contribution in [0.2, 0.25) is 5.02 Å². The highest BCUT2D eigenvalue weighted by atomic mass is 35.5. The molecule has 0 aliphatic heterocycles. The Bertz CT molecular complexity index is 605. The Hall–Kier alpha value is -1.80. The average Bonchev–Trinajstić information content (AvgIpc) is 2.41. The third-order valence-electron chi connectivity index (χ3n) is 3.09. The first-order chi connectivity index (χ1) is 9.11. The van der Waals surface area contributed by atoms with Crippen LogP contribution in [0.15, 0.2) is 42.5 Å². The van der Waals surface area contributed by atoms with Crippen LogP contribution < -0.4 is 4.74 Å². The molecule has 0 N–H and O–H groups in total. The first-order valence-electron chi connectivity index (χ1n) is 6.03. The quantitative estimate of drug-likeness (QED) is 0.785. The lowest BCUT2D eigenvalue weighted by Gasteiger charge is -2.07. The summed E-state index contributed by atoms with van der Waals surface area (Å²) >= 11 is 6.11. The van der Waals surface area contributed by atoms with E-state index in [1.807, 2.05) is 31.2 Å². The van der Waals surface area contributed by atoms with Crippen LogP contribution in [0.1, 0.15) is 21.5 Å². The highest BCUT2D eigenvalue weighted by Crippen LogP contribution is 2.24. The average molecular weight is 275 g/mol. The van der Waals surface area contributed by atoms with Crippen LogP contribution in [0.3, 0.4) is 0 Å². The van der Waals surface area contributed by atoms with Crippen molar-refractivity contribution < 1.29 is 9.53 Å². The summed E-state index contributed by atoms with van der Waals surface area (Å²) in [6.45, 7) is 2.00. The number of hydrogen-bond acceptors (Lipinski definition) is 2. The fourth-order valence-corrected chi connectivity index (χ4v) is 2.20. The Kier molecular flexibility index (Phi) is 4.23. The van der Waals surface area contributed by atoms with Gasteiger partial charge in [-0.2, -0.15) is 0 Å². The molecule has 0 aliphatic rings. The molecule has 2 aromatic carbocycles. The normalized spacial score (nSPS) is 10.3. The zero-order chi connectivity index (χ0) is 13.8. The summed E-state index contributed by atoms with van der Waals surface area (Å²) in [6.07, 6.45) is 0.360. The number of rotatable bonds is 4. The number of carbonyl (C=O) groups excluding carboxylic acids is 1. The Balaban J connectivity index is 2.23. The number of carbonyl (C=O) groups is 1. The monoisotopic (exact) mass is 274 g/mol. The van der Waals surface area contributed by atoms with Gasteiger partial charge in [0.05, 0.1) is 12.1 Å². The smallest absolute Gasteiger partial charge is 0.168 e. The zero-order valence-electron chi connectivity index (χ0n) is 10.9. The Morgan fingerprint density at radius 1 is 1.21 bits per heavy atom. The fraction of sp³-hybridized carbons (Fsp3) is 0.188. The summed E-state index contributed by atoms with van der Waals surface area (Å²) in [5.74, 6) is 0.666. The van der Waals surface area contributed by atoms with Gasteiger partial charge >= 0.3 is 0 Å². The molecule has 0 atom stereocenters. The van der Waals surface area contributed by atoms with E-state index in [2.05, 4.69) is 0 Å². The van der Waals surface area contributed by atoms with Gasteiger partial charge in [0.1, 0.15) is 5.75 Å². The highest BCUT2D eigenvalue weighted by molar-refractivity contribution is 6.34. The van der Waals surface area contributed by atoms with Crippen molar-refractivity contribution in [2.24, 2.45) is 0 Å². The zero-order valence-corrected chi connectivity index (χ0v) is 11.7. The molecule has 0 aromatic heterocycles. The second kappa shape index (κ2) is 5.89. The lowest BCUT2D eigenvalue weighted by Crippen LogP contribution is -2.05. The first kappa shape index (κ1) is 13.6. The number of aryl methyl sites for hydroxylation is 1. The van der Waals surface area contributed by atoms with Crippen LogP contribution in [0.5, 0.6) is 5.75 Å². The number of ether oxygens (including phenoxy) is 1. The summed E-state index contributed by atoms with van der Waals surface area (Å²) in [5, 5.41) is 0.429. The molecule has 0 amide bonds. The predicted molar refractivity (Wildman–Crippen MR) is 77.2 cm³/mol. The van der Waals surface area contributed by atoms with Gasteiger partial charge in [0.2, 0.25) is 0 Å². The molecule has 2 nitrogen and oxygen atoms in total. The number of methoxy groups -OCH3 is 1. The summed E-state index contributed by atoms with van der Waals surface area (Å²) in [7, 11) is 1.57. The lowest BCUT2D eigenvalue weighted by atomic mass is 9.99. The molecule has 0 heterocycles. The van der Waals surface area contributed by atoms with E-state index < -0.39 is 0 Å². The van der Waals surface area contributed by atoms with Crippen molar-refractivity contribution in [2.75, 3.05) is 7.11 Å². The molecule has 19 heavy (non-hydrogen) atoms. The largest absolute Gasteiger partial charge is 0.497 e. The van der Waals surface area contributed by atoms with Crippen molar-refractivity contribution in [1.29, 1.82) is 0 Å². The minimum Gasteiger partial charge on any atom is -0.497 e. The van der Waals surface area contributed by atoms with Gasteiger partial charge in [-0.1, -0.05) is 35.9 Å². The van der Waals surface area contributed by atoms with Crippen LogP contribution in [0.4, 0.5) is 0 Å². The van der Waals surface area contributed by atoms with Crippen molar-refractivity contribution in [3.8, 4) is 5.75 Å². The van der Waals surface area contributed by atoms with E-state index >= 15 is 0 Å². The Morgan fingerprint density at radius 2 is 1.95 bits per heavy atom. The van der Waals surface area contributed by atoms with Crippen LogP contribution in [-0.4, -0.2) is 12.9 Å². The van der Waals surface area contributed by atoms with Crippen molar-refractivity contribution in [2.45, 2.75) is 13.3 Å². The summed E-state index contributed by atoms with van der Waals surface area (Å²) < 4.78 is 5.07. The van der Waals surface area contributed by atoms with Crippen LogP contribution in [-0.2, 0) is 6.42 Å². The molecule has 3 heteroatoms. The molecular formula is C16H15ClO2. The molecule has 0 radical (unpaired) electrons. The van der Waals surface area contributed by atoms with E-state index in [-0.39, 0.29) is 5.78 Å². The maximum absolute atomic E-state index is 12.3. The van der Waals surface area contributed by atoms with Gasteiger partial charge < -0.3 is 4.74 Å². The molecule has 2 aromatic rings. The summed E-state index contributed by atoms with van der Waals surface area (Å²) in [4.78, 5) is 12.3. The molecule has 0 unspecified atom stereocenters. The maximum Gasteiger partial charge on any atom is 0.168 e. The Morgan fingerprint density at radius 3 is 2.58 bits per heavy atom. The van der Waals surface area contributed by atoms with Gasteiger partial charge in [-0.25, -0.2) is 0 Å². The summed E-state index contributed by atoms with van der Waals surface area (Å²) in [5.41, 5.74) is 2.67. The second-order valence-corrected chi connectivity index (χ2v) is 4.78. The molecule has 0 bridgehead atoms. The van der Waals surface area contributed by atoms with Gasteiger partial charge in [-0.15, -0.1) is 0 Å². The molecule has 0 saturated carbocycles. The van der Waals surface area contributed by atoms with Gasteiger partial charge in [-0.3, -0.25) is 4.79 Å². The molecule has 0 aliphatic carbocycles. The van der Waals surface area contributed by atoms with Crippen molar-refractivity contribution in [3.63, 3.8) is 0 Å². The van der Waals surface area contributed by atoms with Gasteiger partial charge in [0, 0.05) is 12.0 Å². The van der Waals surface area contributed by atoms with Crippen molar-refractivity contribution in [3.05, 3.63) is 64.2 Å². The van der Waals surface area contributed by atoms with E-state index in [9.17, 15) is 4.79 Å². The van der Waals surface area contributed by atoms with Gasteiger partial charge in [0.25, 0.3) is 0 Å². The van der Waals surface area contributed by atoms with Crippen LogP contribution in [0.25, 0.3) is 0 Å². The minimum atomic E-state index is 0.0157. The number of halogens is 1. The number of ketones is 1. The standard InChI is InChI=1S/C16H15ClO2/c1-11-5-3-4-6-12(11)9-16(18)14-8-7-13(19-2)10-15(14)17/h3-8,10H,9H2,1-2H3. The highest BCUT2D eigenvalue weighted by Gasteiger charge is 2.12. The van der Waals surface area contributed by atoms with E-state index in [4.69, 9.17) is 16.3 Å². The second-order valence-electron chi connectivity index (χ2n) is 4.37. The minimum absolute atomic E-state index is 0.0157. The molecule has 0 saturated heterocycles. The molecular weight excluding hydrogens is 260 g/mol. The third-order valence-corrected chi connectivity index (χ3v) is 3.40. The summed E-state index contributed by atoms with van der Waals surface area (Å²) in [6, 6.07) is 13.0. The predicted octanol–water partition coefficient (Wildman–Crippen LogP) is 4.08. The number of Topliss-reactive ketones (excluding diaryl/α,β-unsaturated/α-hetero) is 1. The van der Waals surface area contributed by atoms with E-state index in [1.165, 1.54) is 0 Å². The topological polar surface area (TPSA) is 26.3 Å². The molecule has 2 rings (SSSR count). The molecule has 0 fully saturated rings. The van der Waals surface area contributed by atoms with E-state index in [0.717, 1.165) is 11.1 Å². The maximum atomic E-state index is 12.3. The van der Waals surface area contributed by atoms with Gasteiger partial charge in [-0.05, 0) is 36.2 Å². The molecule has 98 valence electrons. The number of hydrogen-bond donors (Lipinski definition) is 0. The van der Waals surface area contributed by atoms with Crippen LogP contribution in [0, 0.1) is 6.92 Å². The van der Waals surface area contributed by atoms with E-state index in [0.29, 0.717) is 22.8 Å². The Labute approximate surface area is 118 Å².